The summed E-state index contributed by atoms with van der Waals surface area (Å²) in [6, 6.07) is 7.49. The lowest BCUT2D eigenvalue weighted by Crippen LogP contribution is -2.42. The molecule has 3 heteroatoms. The van der Waals surface area contributed by atoms with Crippen molar-refractivity contribution < 1.29 is 4.74 Å². The molecule has 2 unspecified atom stereocenters. The molecule has 1 aliphatic carbocycles. The van der Waals surface area contributed by atoms with Gasteiger partial charge in [0.15, 0.2) is 0 Å². The van der Waals surface area contributed by atoms with Gasteiger partial charge in [-0.15, -0.1) is 0 Å². The van der Waals surface area contributed by atoms with Gasteiger partial charge in [-0.25, -0.2) is 0 Å². The van der Waals surface area contributed by atoms with Crippen molar-refractivity contribution in [3.05, 3.63) is 29.3 Å². The molecule has 2 rings (SSSR count). The fourth-order valence-corrected chi connectivity index (χ4v) is 3.33. The number of nitrogens with zero attached hydrogens (tertiary/aromatic N) is 1. The normalized spacial score (nSPS) is 21.2. The molecule has 1 aliphatic rings. The van der Waals surface area contributed by atoms with E-state index in [2.05, 4.69) is 49.3 Å². The SMILES string of the molecule is CCCCN(CC)C1Cc2ccc(OC)cc2C1NC. The van der Waals surface area contributed by atoms with Crippen LogP contribution in [0.2, 0.25) is 0 Å². The number of rotatable bonds is 7. The van der Waals surface area contributed by atoms with Crippen LogP contribution in [0, 0.1) is 0 Å². The van der Waals surface area contributed by atoms with E-state index in [4.69, 9.17) is 4.74 Å². The van der Waals surface area contributed by atoms with Crippen LogP contribution >= 0.6 is 0 Å². The summed E-state index contributed by atoms with van der Waals surface area (Å²) >= 11 is 0. The molecule has 0 aromatic heterocycles. The van der Waals surface area contributed by atoms with E-state index in [0.717, 1.165) is 18.7 Å². The van der Waals surface area contributed by atoms with Crippen LogP contribution in [0.5, 0.6) is 5.75 Å². The zero-order valence-corrected chi connectivity index (χ0v) is 13.3. The predicted molar refractivity (Wildman–Crippen MR) is 84.4 cm³/mol. The third-order valence-corrected chi connectivity index (χ3v) is 4.49. The Morgan fingerprint density at radius 3 is 2.75 bits per heavy atom. The van der Waals surface area contributed by atoms with Gasteiger partial charge in [0.2, 0.25) is 0 Å². The van der Waals surface area contributed by atoms with Crippen LogP contribution in [0.3, 0.4) is 0 Å². The first kappa shape index (κ1) is 15.3. The topological polar surface area (TPSA) is 24.5 Å². The van der Waals surface area contributed by atoms with E-state index in [1.165, 1.54) is 30.5 Å². The largest absolute Gasteiger partial charge is 0.497 e. The van der Waals surface area contributed by atoms with Crippen LogP contribution in [-0.2, 0) is 6.42 Å². The van der Waals surface area contributed by atoms with E-state index in [1.54, 1.807) is 7.11 Å². The maximum absolute atomic E-state index is 5.38. The molecule has 0 radical (unpaired) electrons. The van der Waals surface area contributed by atoms with Crippen molar-refractivity contribution in [3.63, 3.8) is 0 Å². The van der Waals surface area contributed by atoms with Crippen LogP contribution in [0.1, 0.15) is 43.9 Å². The van der Waals surface area contributed by atoms with Gasteiger partial charge in [0.1, 0.15) is 5.75 Å². The Bertz CT molecular complexity index is 433. The highest BCUT2D eigenvalue weighted by Crippen LogP contribution is 2.36. The zero-order chi connectivity index (χ0) is 14.5. The molecule has 1 N–H and O–H groups in total. The lowest BCUT2D eigenvalue weighted by Gasteiger charge is -2.32. The van der Waals surface area contributed by atoms with E-state index < -0.39 is 0 Å². The summed E-state index contributed by atoms with van der Waals surface area (Å²) in [7, 11) is 3.81. The average Bonchev–Trinajstić information content (AvgIpc) is 2.85. The summed E-state index contributed by atoms with van der Waals surface area (Å²) in [5.74, 6) is 0.959. The second kappa shape index (κ2) is 7.09. The molecule has 112 valence electrons. The Hall–Kier alpha value is -1.06. The Morgan fingerprint density at radius 1 is 1.35 bits per heavy atom. The second-order valence-corrected chi connectivity index (χ2v) is 5.58. The Labute approximate surface area is 123 Å². The number of unbranched alkanes of at least 4 members (excludes halogenated alkanes) is 1. The maximum atomic E-state index is 5.38. The zero-order valence-electron chi connectivity index (χ0n) is 13.3. The van der Waals surface area contributed by atoms with Crippen molar-refractivity contribution in [1.29, 1.82) is 0 Å². The summed E-state index contributed by atoms with van der Waals surface area (Å²) in [6.45, 7) is 6.85. The molecule has 1 aromatic carbocycles. The quantitative estimate of drug-likeness (QED) is 0.828. The molecule has 1 aromatic rings. The highest BCUT2D eigenvalue weighted by Gasteiger charge is 2.34. The number of ether oxygens (including phenoxy) is 1. The van der Waals surface area contributed by atoms with Crippen molar-refractivity contribution in [1.82, 2.24) is 10.2 Å². The number of hydrogen-bond acceptors (Lipinski definition) is 3. The Balaban J connectivity index is 2.21. The minimum Gasteiger partial charge on any atom is -0.497 e. The van der Waals surface area contributed by atoms with E-state index >= 15 is 0 Å². The van der Waals surface area contributed by atoms with Gasteiger partial charge in [-0.3, -0.25) is 4.90 Å². The monoisotopic (exact) mass is 276 g/mol. The van der Waals surface area contributed by atoms with Crippen LogP contribution < -0.4 is 10.1 Å². The summed E-state index contributed by atoms with van der Waals surface area (Å²) in [5.41, 5.74) is 2.87. The maximum Gasteiger partial charge on any atom is 0.119 e. The first-order valence-corrected chi connectivity index (χ1v) is 7.83. The lowest BCUT2D eigenvalue weighted by atomic mass is 10.1. The van der Waals surface area contributed by atoms with Gasteiger partial charge in [-0.1, -0.05) is 26.3 Å². The first-order chi connectivity index (χ1) is 9.74. The molecular formula is C17H28N2O. The molecule has 0 fully saturated rings. The molecule has 20 heavy (non-hydrogen) atoms. The van der Waals surface area contributed by atoms with Gasteiger partial charge in [-0.05, 0) is 56.2 Å². The van der Waals surface area contributed by atoms with E-state index in [9.17, 15) is 0 Å². The highest BCUT2D eigenvalue weighted by atomic mass is 16.5. The number of methoxy groups -OCH3 is 1. The first-order valence-electron chi connectivity index (χ1n) is 7.83. The van der Waals surface area contributed by atoms with E-state index in [1.807, 2.05) is 0 Å². The molecule has 0 bridgehead atoms. The summed E-state index contributed by atoms with van der Waals surface area (Å²) in [6.07, 6.45) is 3.68. The van der Waals surface area contributed by atoms with Gasteiger partial charge in [0.05, 0.1) is 7.11 Å². The summed E-state index contributed by atoms with van der Waals surface area (Å²) in [4.78, 5) is 2.62. The summed E-state index contributed by atoms with van der Waals surface area (Å²) in [5, 5.41) is 3.52. The Morgan fingerprint density at radius 2 is 2.15 bits per heavy atom. The average molecular weight is 276 g/mol. The van der Waals surface area contributed by atoms with Crippen LogP contribution in [-0.4, -0.2) is 38.2 Å². The van der Waals surface area contributed by atoms with Gasteiger partial charge < -0.3 is 10.1 Å². The van der Waals surface area contributed by atoms with E-state index in [-0.39, 0.29) is 0 Å². The summed E-state index contributed by atoms with van der Waals surface area (Å²) < 4.78 is 5.38. The number of nitrogens with one attached hydrogen (secondary N) is 1. The van der Waals surface area contributed by atoms with Crippen LogP contribution in [0.25, 0.3) is 0 Å². The molecule has 0 amide bonds. The molecule has 2 atom stereocenters. The smallest absolute Gasteiger partial charge is 0.119 e. The third kappa shape index (κ3) is 2.99. The van der Waals surface area contributed by atoms with Crippen molar-refractivity contribution in [2.75, 3.05) is 27.2 Å². The van der Waals surface area contributed by atoms with Crippen molar-refractivity contribution in [2.24, 2.45) is 0 Å². The molecule has 0 saturated heterocycles. The number of fused-ring (bicyclic) bond motifs is 1. The van der Waals surface area contributed by atoms with Crippen LogP contribution in [0.15, 0.2) is 18.2 Å². The van der Waals surface area contributed by atoms with Gasteiger partial charge in [0, 0.05) is 12.1 Å². The molecule has 3 nitrogen and oxygen atoms in total. The Kier molecular flexibility index (Phi) is 5.44. The van der Waals surface area contributed by atoms with E-state index in [0.29, 0.717) is 12.1 Å². The third-order valence-electron chi connectivity index (χ3n) is 4.49. The van der Waals surface area contributed by atoms with Crippen molar-refractivity contribution >= 4 is 0 Å². The number of hydrogen-bond donors (Lipinski definition) is 1. The minimum absolute atomic E-state index is 0.414. The molecule has 0 aliphatic heterocycles. The molecule has 0 spiro atoms. The fraction of sp³-hybridized carbons (Fsp3) is 0.647. The fourth-order valence-electron chi connectivity index (χ4n) is 3.33. The standard InChI is InChI=1S/C17H28N2O/c1-5-7-10-19(6-2)16-11-13-8-9-14(20-4)12-15(13)17(16)18-3/h8-9,12,16-18H,5-7,10-11H2,1-4H3. The lowest BCUT2D eigenvalue weighted by molar-refractivity contribution is 0.175. The van der Waals surface area contributed by atoms with Crippen molar-refractivity contribution in [3.8, 4) is 5.75 Å². The molecular weight excluding hydrogens is 248 g/mol. The minimum atomic E-state index is 0.414. The van der Waals surface area contributed by atoms with Gasteiger partial charge in [0.25, 0.3) is 0 Å². The van der Waals surface area contributed by atoms with Gasteiger partial charge >= 0.3 is 0 Å². The number of benzene rings is 1. The van der Waals surface area contributed by atoms with Crippen LogP contribution in [0.4, 0.5) is 0 Å². The predicted octanol–water partition coefficient (Wildman–Crippen LogP) is 3.00. The number of likely N-dealkylation sites (N-methyl/N-ethyl adjacent to an activating group) is 2. The van der Waals surface area contributed by atoms with Crippen molar-refractivity contribution in [2.45, 2.75) is 45.2 Å². The van der Waals surface area contributed by atoms with Gasteiger partial charge in [-0.2, -0.15) is 0 Å². The highest BCUT2D eigenvalue weighted by molar-refractivity contribution is 5.42. The molecule has 0 saturated carbocycles. The molecule has 0 heterocycles. The second-order valence-electron chi connectivity index (χ2n) is 5.58.